The van der Waals surface area contributed by atoms with Gasteiger partial charge in [-0.3, -0.25) is 0 Å². The van der Waals surface area contributed by atoms with Gasteiger partial charge < -0.3 is 5.32 Å². The van der Waals surface area contributed by atoms with E-state index in [0.29, 0.717) is 23.8 Å². The third-order valence-electron chi connectivity index (χ3n) is 5.29. The molecule has 4 rings (SSSR count). The molecule has 2 aliphatic rings. The Balaban J connectivity index is 1.71. The van der Waals surface area contributed by atoms with Crippen molar-refractivity contribution in [1.82, 2.24) is 0 Å². The Bertz CT molecular complexity index is 745. The second-order valence-electron chi connectivity index (χ2n) is 7.03. The van der Waals surface area contributed by atoms with E-state index < -0.39 is 0 Å². The lowest BCUT2D eigenvalue weighted by Crippen LogP contribution is -2.29. The number of anilines is 1. The molecule has 3 unspecified atom stereocenters. The van der Waals surface area contributed by atoms with Gasteiger partial charge in [-0.05, 0) is 75.7 Å². The van der Waals surface area contributed by atoms with Crippen LogP contribution in [0, 0.1) is 9.49 Å². The maximum atomic E-state index is 3.82. The molecule has 0 saturated heterocycles. The minimum absolute atomic E-state index is 0.406. The summed E-state index contributed by atoms with van der Waals surface area (Å²) in [5.74, 6) is 1.77. The zero-order chi connectivity index (χ0) is 16.0. The fourth-order valence-corrected chi connectivity index (χ4v) is 4.50. The third kappa shape index (κ3) is 2.71. The van der Waals surface area contributed by atoms with E-state index in [0.717, 1.165) is 0 Å². The number of halogens is 1. The Morgan fingerprint density at radius 2 is 1.87 bits per heavy atom. The molecule has 0 saturated carbocycles. The van der Waals surface area contributed by atoms with E-state index in [4.69, 9.17) is 0 Å². The molecular formula is C21H22IN. The predicted octanol–water partition coefficient (Wildman–Crippen LogP) is 6.24. The first kappa shape index (κ1) is 15.3. The monoisotopic (exact) mass is 415 g/mol. The summed E-state index contributed by atoms with van der Waals surface area (Å²) < 4.78 is 1.32. The average Bonchev–Trinajstić information content (AvgIpc) is 3.04. The van der Waals surface area contributed by atoms with Crippen molar-refractivity contribution in [2.75, 3.05) is 5.32 Å². The molecule has 0 aromatic heterocycles. The number of rotatable bonds is 2. The molecule has 0 amide bonds. The normalized spacial score (nSPS) is 25.1. The fraction of sp³-hybridized carbons (Fsp3) is 0.333. The highest BCUT2D eigenvalue weighted by Gasteiger charge is 2.37. The summed E-state index contributed by atoms with van der Waals surface area (Å²) in [6.45, 7) is 4.51. The fourth-order valence-electron chi connectivity index (χ4n) is 3.98. The van der Waals surface area contributed by atoms with Gasteiger partial charge in [-0.1, -0.05) is 50.3 Å². The van der Waals surface area contributed by atoms with Crippen LogP contribution in [0.2, 0.25) is 0 Å². The van der Waals surface area contributed by atoms with Crippen LogP contribution in [-0.4, -0.2) is 0 Å². The van der Waals surface area contributed by atoms with E-state index in [9.17, 15) is 0 Å². The highest BCUT2D eigenvalue weighted by atomic mass is 127. The van der Waals surface area contributed by atoms with Gasteiger partial charge in [0, 0.05) is 15.2 Å². The van der Waals surface area contributed by atoms with Crippen molar-refractivity contribution in [3.05, 3.63) is 74.9 Å². The van der Waals surface area contributed by atoms with Gasteiger partial charge in [-0.15, -0.1) is 0 Å². The average molecular weight is 415 g/mol. The molecule has 1 N–H and O–H groups in total. The number of benzene rings is 2. The third-order valence-corrected chi connectivity index (χ3v) is 5.96. The summed E-state index contributed by atoms with van der Waals surface area (Å²) in [6, 6.07) is 16.4. The van der Waals surface area contributed by atoms with Gasteiger partial charge in [0.05, 0.1) is 6.04 Å². The van der Waals surface area contributed by atoms with Crippen molar-refractivity contribution in [1.29, 1.82) is 0 Å². The molecule has 1 aliphatic heterocycles. The molecule has 3 atom stereocenters. The van der Waals surface area contributed by atoms with Crippen molar-refractivity contribution in [3.63, 3.8) is 0 Å². The maximum Gasteiger partial charge on any atom is 0.0553 e. The first-order valence-electron chi connectivity index (χ1n) is 8.46. The van der Waals surface area contributed by atoms with Crippen molar-refractivity contribution in [2.45, 2.75) is 38.1 Å². The molecule has 0 spiro atoms. The van der Waals surface area contributed by atoms with Crippen molar-refractivity contribution in [3.8, 4) is 0 Å². The van der Waals surface area contributed by atoms with E-state index in [1.807, 2.05) is 0 Å². The van der Waals surface area contributed by atoms with Crippen LogP contribution in [-0.2, 0) is 0 Å². The SMILES string of the molecule is CC(C)c1ccc(C2Nc3ccc(I)cc3C3C=CCC32)cc1. The van der Waals surface area contributed by atoms with Crippen molar-refractivity contribution in [2.24, 2.45) is 5.92 Å². The molecule has 2 aromatic carbocycles. The molecule has 0 fully saturated rings. The molecule has 0 bridgehead atoms. The molecule has 0 radical (unpaired) electrons. The minimum Gasteiger partial charge on any atom is -0.378 e. The highest BCUT2D eigenvalue weighted by molar-refractivity contribution is 14.1. The second kappa shape index (κ2) is 5.97. The molecular weight excluding hydrogens is 393 g/mol. The van der Waals surface area contributed by atoms with Gasteiger partial charge in [-0.25, -0.2) is 0 Å². The van der Waals surface area contributed by atoms with Crippen LogP contribution in [0.4, 0.5) is 5.69 Å². The summed E-state index contributed by atoms with van der Waals surface area (Å²) in [4.78, 5) is 0. The quantitative estimate of drug-likeness (QED) is 0.452. The number of allylic oxidation sites excluding steroid dienone is 2. The summed E-state index contributed by atoms with van der Waals surface area (Å²) in [6.07, 6.45) is 5.94. The molecule has 2 heteroatoms. The van der Waals surface area contributed by atoms with Crippen LogP contribution in [0.3, 0.4) is 0 Å². The van der Waals surface area contributed by atoms with Crippen LogP contribution in [0.25, 0.3) is 0 Å². The lowest BCUT2D eigenvalue weighted by Gasteiger charge is -2.37. The van der Waals surface area contributed by atoms with Gasteiger partial charge in [0.2, 0.25) is 0 Å². The first-order valence-corrected chi connectivity index (χ1v) is 9.54. The smallest absolute Gasteiger partial charge is 0.0553 e. The van der Waals surface area contributed by atoms with Crippen LogP contribution in [0.1, 0.15) is 54.8 Å². The second-order valence-corrected chi connectivity index (χ2v) is 8.27. The van der Waals surface area contributed by atoms with Crippen LogP contribution >= 0.6 is 22.6 Å². The minimum atomic E-state index is 0.406. The van der Waals surface area contributed by atoms with Crippen molar-refractivity contribution < 1.29 is 0 Å². The topological polar surface area (TPSA) is 12.0 Å². The lowest BCUT2D eigenvalue weighted by molar-refractivity contribution is 0.425. The standard InChI is InChI=1S/C21H22IN/c1-13(2)14-6-8-15(9-7-14)21-18-5-3-4-17(18)19-12-16(22)10-11-20(19)23-21/h3-4,6-13,17-18,21,23H,5H2,1-2H3. The molecule has 1 heterocycles. The molecule has 1 aliphatic carbocycles. The zero-order valence-electron chi connectivity index (χ0n) is 13.6. The number of fused-ring (bicyclic) bond motifs is 3. The van der Waals surface area contributed by atoms with E-state index in [-0.39, 0.29) is 0 Å². The Morgan fingerprint density at radius 1 is 1.09 bits per heavy atom. The van der Waals surface area contributed by atoms with Crippen LogP contribution < -0.4 is 5.32 Å². The number of hydrogen-bond acceptors (Lipinski definition) is 1. The number of nitrogens with one attached hydrogen (secondary N) is 1. The summed E-state index contributed by atoms with van der Waals surface area (Å²) in [5, 5.41) is 3.82. The molecule has 1 nitrogen and oxygen atoms in total. The lowest BCUT2D eigenvalue weighted by atomic mass is 9.77. The Labute approximate surface area is 152 Å². The summed E-state index contributed by atoms with van der Waals surface area (Å²) in [5.41, 5.74) is 5.60. The van der Waals surface area contributed by atoms with E-state index >= 15 is 0 Å². The predicted molar refractivity (Wildman–Crippen MR) is 106 cm³/mol. The molecule has 23 heavy (non-hydrogen) atoms. The van der Waals surface area contributed by atoms with Gasteiger partial charge in [0.25, 0.3) is 0 Å². The Hall–Kier alpha value is -1.29. The van der Waals surface area contributed by atoms with Crippen molar-refractivity contribution >= 4 is 28.3 Å². The molecule has 118 valence electrons. The zero-order valence-corrected chi connectivity index (χ0v) is 15.7. The van der Waals surface area contributed by atoms with E-state index in [1.165, 1.54) is 32.4 Å². The Morgan fingerprint density at radius 3 is 2.61 bits per heavy atom. The highest BCUT2D eigenvalue weighted by Crippen LogP contribution is 2.50. The van der Waals surface area contributed by atoms with Crippen LogP contribution in [0.5, 0.6) is 0 Å². The number of hydrogen-bond donors (Lipinski definition) is 1. The Kier molecular flexibility index (Phi) is 3.96. The van der Waals surface area contributed by atoms with E-state index in [1.54, 1.807) is 0 Å². The maximum absolute atomic E-state index is 3.82. The summed E-state index contributed by atoms with van der Waals surface area (Å²) >= 11 is 2.41. The van der Waals surface area contributed by atoms with Gasteiger partial charge >= 0.3 is 0 Å². The molecule has 2 aromatic rings. The summed E-state index contributed by atoms with van der Waals surface area (Å²) in [7, 11) is 0. The largest absolute Gasteiger partial charge is 0.378 e. The van der Waals surface area contributed by atoms with Gasteiger partial charge in [0.1, 0.15) is 0 Å². The van der Waals surface area contributed by atoms with Gasteiger partial charge in [0.15, 0.2) is 0 Å². The first-order chi connectivity index (χ1) is 11.1. The van der Waals surface area contributed by atoms with E-state index in [2.05, 4.69) is 96.4 Å². The van der Waals surface area contributed by atoms with Crippen LogP contribution in [0.15, 0.2) is 54.6 Å². The van der Waals surface area contributed by atoms with Gasteiger partial charge in [-0.2, -0.15) is 0 Å².